The third-order valence-corrected chi connectivity index (χ3v) is 2.52. The molecule has 0 bridgehead atoms. The van der Waals surface area contributed by atoms with E-state index in [9.17, 15) is 18.0 Å². The predicted octanol–water partition coefficient (Wildman–Crippen LogP) is 1.41. The Bertz CT molecular complexity index is 408. The van der Waals surface area contributed by atoms with Gasteiger partial charge in [0.2, 0.25) is 6.04 Å². The van der Waals surface area contributed by atoms with Gasteiger partial charge in [-0.25, -0.2) is 0 Å². The van der Waals surface area contributed by atoms with E-state index in [1.165, 1.54) is 0 Å². The number of benzene rings is 1. The minimum Gasteiger partial charge on any atom is -0.468 e. The van der Waals surface area contributed by atoms with Crippen molar-refractivity contribution in [2.45, 2.75) is 18.3 Å². The summed E-state index contributed by atoms with van der Waals surface area (Å²) in [4.78, 5) is 11.2. The molecule has 4 nitrogen and oxygen atoms in total. The molecule has 0 saturated heterocycles. The van der Waals surface area contributed by atoms with Crippen LogP contribution in [0.15, 0.2) is 30.3 Å². The Kier molecular flexibility index (Phi) is 5.31. The lowest BCUT2D eigenvalue weighted by molar-refractivity contribution is -0.184. The second kappa shape index (κ2) is 6.53. The van der Waals surface area contributed by atoms with E-state index in [1.807, 2.05) is 0 Å². The highest BCUT2D eigenvalue weighted by molar-refractivity contribution is 5.76. The lowest BCUT2D eigenvalue weighted by Gasteiger charge is -2.24. The van der Waals surface area contributed by atoms with Gasteiger partial charge >= 0.3 is 12.1 Å². The van der Waals surface area contributed by atoms with Crippen LogP contribution in [0.25, 0.3) is 0 Å². The van der Waals surface area contributed by atoms with E-state index in [-0.39, 0.29) is 0 Å². The number of rotatable bonds is 5. The summed E-state index contributed by atoms with van der Waals surface area (Å²) in [5.41, 5.74) is 0.447. The molecule has 2 N–H and O–H groups in total. The Morgan fingerprint density at radius 2 is 1.95 bits per heavy atom. The van der Waals surface area contributed by atoms with Gasteiger partial charge in [0.1, 0.15) is 0 Å². The molecule has 0 fully saturated rings. The molecule has 0 spiro atoms. The van der Waals surface area contributed by atoms with Crippen LogP contribution < -0.4 is 5.32 Å². The molecule has 106 valence electrons. The second-order valence-electron chi connectivity index (χ2n) is 3.81. The van der Waals surface area contributed by atoms with Crippen LogP contribution in [0.1, 0.15) is 11.6 Å². The van der Waals surface area contributed by atoms with Gasteiger partial charge in [-0.2, -0.15) is 13.2 Å². The lowest BCUT2D eigenvalue weighted by Crippen LogP contribution is -2.50. The first-order valence-corrected chi connectivity index (χ1v) is 5.46. The van der Waals surface area contributed by atoms with Crippen molar-refractivity contribution < 1.29 is 27.8 Å². The highest BCUT2D eigenvalue weighted by Gasteiger charge is 2.46. The molecule has 1 aromatic rings. The summed E-state index contributed by atoms with van der Waals surface area (Å²) in [7, 11) is 0.874. The third-order valence-electron chi connectivity index (χ3n) is 2.52. The average molecular weight is 277 g/mol. The molecule has 0 aliphatic heterocycles. The molecule has 0 radical (unpaired) electrons. The van der Waals surface area contributed by atoms with Crippen LogP contribution >= 0.6 is 0 Å². The molecule has 1 aromatic carbocycles. The Balaban J connectivity index is 2.91. The van der Waals surface area contributed by atoms with Crippen LogP contribution in [0.3, 0.4) is 0 Å². The predicted molar refractivity (Wildman–Crippen MR) is 61.3 cm³/mol. The number of halogens is 3. The zero-order valence-corrected chi connectivity index (χ0v) is 10.1. The number of ether oxygens (including phenoxy) is 1. The number of nitrogens with one attached hydrogen (secondary N) is 1. The Morgan fingerprint density at radius 1 is 1.37 bits per heavy atom. The van der Waals surface area contributed by atoms with Gasteiger partial charge in [0, 0.05) is 0 Å². The molecule has 0 aliphatic carbocycles. The largest absolute Gasteiger partial charge is 0.468 e. The van der Waals surface area contributed by atoms with E-state index in [1.54, 1.807) is 30.3 Å². The fourth-order valence-corrected chi connectivity index (χ4v) is 1.55. The normalized spacial score (nSPS) is 14.8. The number of carbonyl (C=O) groups excluding carboxylic acids is 1. The van der Waals surface area contributed by atoms with Crippen LogP contribution in [-0.4, -0.2) is 37.0 Å². The summed E-state index contributed by atoms with van der Waals surface area (Å²) in [5, 5.41) is 11.2. The number of hydrogen-bond donors (Lipinski definition) is 2. The average Bonchev–Trinajstić information content (AvgIpc) is 2.38. The quantitative estimate of drug-likeness (QED) is 0.799. The molecule has 0 heterocycles. The molecule has 0 saturated carbocycles. The minimum absolute atomic E-state index is 0.447. The van der Waals surface area contributed by atoms with Crippen LogP contribution in [0.4, 0.5) is 13.2 Å². The smallest absolute Gasteiger partial charge is 0.414 e. The first-order chi connectivity index (χ1) is 8.90. The fraction of sp³-hybridized carbons (Fsp3) is 0.417. The van der Waals surface area contributed by atoms with Crippen LogP contribution in [-0.2, 0) is 9.53 Å². The van der Waals surface area contributed by atoms with Gasteiger partial charge in [-0.3, -0.25) is 10.1 Å². The van der Waals surface area contributed by atoms with Gasteiger partial charge in [-0.1, -0.05) is 30.3 Å². The van der Waals surface area contributed by atoms with Gasteiger partial charge in [0.05, 0.1) is 19.8 Å². The highest BCUT2D eigenvalue weighted by Crippen LogP contribution is 2.24. The zero-order valence-electron chi connectivity index (χ0n) is 10.1. The number of esters is 1. The maximum Gasteiger partial charge on any atom is 0.414 e. The molecule has 19 heavy (non-hydrogen) atoms. The monoisotopic (exact) mass is 277 g/mol. The SMILES string of the molecule is COC(=O)[C@@H](N[C@H](CO)c1ccccc1)C(F)(F)F. The molecule has 7 heteroatoms. The van der Waals surface area contributed by atoms with Crippen molar-refractivity contribution in [3.8, 4) is 0 Å². The van der Waals surface area contributed by atoms with Crippen LogP contribution in [0, 0.1) is 0 Å². The molecule has 0 aliphatic rings. The van der Waals surface area contributed by atoms with E-state index < -0.39 is 30.8 Å². The van der Waals surface area contributed by atoms with Crippen LogP contribution in [0.2, 0.25) is 0 Å². The van der Waals surface area contributed by atoms with E-state index in [2.05, 4.69) is 10.1 Å². The van der Waals surface area contributed by atoms with Crippen LogP contribution in [0.5, 0.6) is 0 Å². The molecule has 1 rings (SSSR count). The van der Waals surface area contributed by atoms with E-state index in [4.69, 9.17) is 5.11 Å². The van der Waals surface area contributed by atoms with Crippen molar-refractivity contribution in [2.24, 2.45) is 0 Å². The first kappa shape index (κ1) is 15.5. The van der Waals surface area contributed by atoms with Crippen molar-refractivity contribution in [3.05, 3.63) is 35.9 Å². The van der Waals surface area contributed by atoms with Crippen molar-refractivity contribution in [1.82, 2.24) is 5.32 Å². The first-order valence-electron chi connectivity index (χ1n) is 5.46. The van der Waals surface area contributed by atoms with Gasteiger partial charge < -0.3 is 9.84 Å². The molecule has 2 atom stereocenters. The van der Waals surface area contributed by atoms with Gasteiger partial charge in [0.15, 0.2) is 0 Å². The maximum atomic E-state index is 12.7. The van der Waals surface area contributed by atoms with Gasteiger partial charge in [0.25, 0.3) is 0 Å². The number of methoxy groups -OCH3 is 1. The molecular weight excluding hydrogens is 263 g/mol. The summed E-state index contributed by atoms with van der Waals surface area (Å²) < 4.78 is 42.3. The van der Waals surface area contributed by atoms with E-state index in [0.29, 0.717) is 5.56 Å². The molecule has 0 aromatic heterocycles. The summed E-state index contributed by atoms with van der Waals surface area (Å²) >= 11 is 0. The number of carbonyl (C=O) groups is 1. The number of alkyl halides is 3. The van der Waals surface area contributed by atoms with E-state index >= 15 is 0 Å². The van der Waals surface area contributed by atoms with Crippen molar-refractivity contribution >= 4 is 5.97 Å². The van der Waals surface area contributed by atoms with Gasteiger partial charge in [-0.05, 0) is 5.56 Å². The summed E-state index contributed by atoms with van der Waals surface area (Å²) in [6.45, 7) is -0.576. The second-order valence-corrected chi connectivity index (χ2v) is 3.81. The van der Waals surface area contributed by atoms with Crippen molar-refractivity contribution in [3.63, 3.8) is 0 Å². The van der Waals surface area contributed by atoms with Gasteiger partial charge in [-0.15, -0.1) is 0 Å². The third kappa shape index (κ3) is 4.22. The topological polar surface area (TPSA) is 58.6 Å². The number of aliphatic hydroxyl groups is 1. The summed E-state index contributed by atoms with van der Waals surface area (Å²) in [6.07, 6.45) is -4.80. The van der Waals surface area contributed by atoms with Crippen molar-refractivity contribution in [2.75, 3.05) is 13.7 Å². The zero-order chi connectivity index (χ0) is 14.5. The number of aliphatic hydroxyl groups excluding tert-OH is 1. The highest BCUT2D eigenvalue weighted by atomic mass is 19.4. The summed E-state index contributed by atoms with van der Waals surface area (Å²) in [5.74, 6) is -1.44. The molecule has 0 amide bonds. The standard InChI is InChI=1S/C12H14F3NO3/c1-19-11(18)10(12(13,14)15)16-9(7-17)8-5-3-2-4-6-8/h2-6,9-10,16-17H,7H2,1H3/t9-,10-/m1/s1. The number of hydrogen-bond acceptors (Lipinski definition) is 4. The van der Waals surface area contributed by atoms with E-state index in [0.717, 1.165) is 7.11 Å². The summed E-state index contributed by atoms with van der Waals surface area (Å²) in [6, 6.07) is 4.57. The Hall–Kier alpha value is -1.60. The minimum atomic E-state index is -4.80. The van der Waals surface area contributed by atoms with Crippen molar-refractivity contribution in [1.29, 1.82) is 0 Å². The fourth-order valence-electron chi connectivity index (χ4n) is 1.55. The molecular formula is C12H14F3NO3. The molecule has 0 unspecified atom stereocenters. The Morgan fingerprint density at radius 3 is 2.37 bits per heavy atom. The maximum absolute atomic E-state index is 12.7. The lowest BCUT2D eigenvalue weighted by atomic mass is 10.1. The Labute approximate surface area is 108 Å².